The minimum atomic E-state index is -0.334. The van der Waals surface area contributed by atoms with Crippen LogP contribution in [0.15, 0.2) is 60.8 Å². The summed E-state index contributed by atoms with van der Waals surface area (Å²) in [6, 6.07) is 15.0. The summed E-state index contributed by atoms with van der Waals surface area (Å²) in [6.07, 6.45) is 4.05. The number of rotatable bonds is 7. The van der Waals surface area contributed by atoms with Gasteiger partial charge in [0.15, 0.2) is 5.11 Å². The SMILES string of the molecule is COCC(=O)Nc1cc(N2C(=S)N[C@@H](c3ccccn3)[C@@H]2c2cc3c(cc2Cl)N(C)C(C)(C)C=C3C)ccc1OC. The van der Waals surface area contributed by atoms with Gasteiger partial charge in [-0.15, -0.1) is 0 Å². The van der Waals surface area contributed by atoms with Gasteiger partial charge < -0.3 is 29.9 Å². The predicted octanol–water partition coefficient (Wildman–Crippen LogP) is 6.14. The molecule has 41 heavy (non-hydrogen) atoms. The summed E-state index contributed by atoms with van der Waals surface area (Å²) in [5.41, 5.74) is 6.25. The van der Waals surface area contributed by atoms with Crippen LogP contribution in [0.4, 0.5) is 17.1 Å². The molecular formula is C31H34ClN5O3S. The highest BCUT2D eigenvalue weighted by atomic mass is 35.5. The van der Waals surface area contributed by atoms with Crippen molar-refractivity contribution in [3.63, 3.8) is 0 Å². The van der Waals surface area contributed by atoms with E-state index < -0.39 is 0 Å². The monoisotopic (exact) mass is 591 g/mol. The normalized spacial score (nSPS) is 19.4. The lowest BCUT2D eigenvalue weighted by Gasteiger charge is -2.41. The number of nitrogens with one attached hydrogen (secondary N) is 2. The molecule has 2 N–H and O–H groups in total. The molecule has 5 rings (SSSR count). The standard InChI is InChI=1S/C31H34ClN5O3S/c1-18-16-31(2,3)36(4)25-15-22(32)21(14-20(18)25)29-28(23-9-7-8-12-33-23)35-30(41)37(29)19-10-11-26(40-6)24(13-19)34-27(38)17-39-5/h7-16,28-29H,17H2,1-6H3,(H,34,38)(H,35,41)/t28-,29-/m0/s1. The van der Waals surface area contributed by atoms with Gasteiger partial charge in [0.25, 0.3) is 0 Å². The summed E-state index contributed by atoms with van der Waals surface area (Å²) < 4.78 is 10.5. The quantitative estimate of drug-likeness (QED) is 0.317. The van der Waals surface area contributed by atoms with E-state index in [2.05, 4.69) is 60.5 Å². The Morgan fingerprint density at radius 3 is 2.66 bits per heavy atom. The number of fused-ring (bicyclic) bond motifs is 1. The number of aromatic nitrogens is 1. The Balaban J connectivity index is 1.67. The molecule has 0 aliphatic carbocycles. The summed E-state index contributed by atoms with van der Waals surface area (Å²) in [7, 11) is 5.12. The molecule has 0 bridgehead atoms. The maximum atomic E-state index is 12.4. The van der Waals surface area contributed by atoms with Crippen LogP contribution in [0, 0.1) is 0 Å². The van der Waals surface area contributed by atoms with Crippen LogP contribution in [0.3, 0.4) is 0 Å². The number of carbonyl (C=O) groups is 1. The van der Waals surface area contributed by atoms with Gasteiger partial charge in [0, 0.05) is 42.3 Å². The van der Waals surface area contributed by atoms with Gasteiger partial charge in [0.2, 0.25) is 5.91 Å². The Kier molecular flexibility index (Phi) is 7.96. The minimum Gasteiger partial charge on any atom is -0.495 e. The third kappa shape index (κ3) is 5.37. The number of likely N-dealkylation sites (N-methyl/N-ethyl adjacent to an activating group) is 1. The highest BCUT2D eigenvalue weighted by Gasteiger charge is 2.43. The van der Waals surface area contributed by atoms with Crippen molar-refractivity contribution < 1.29 is 14.3 Å². The molecule has 1 aromatic heterocycles. The molecule has 3 heterocycles. The third-order valence-corrected chi connectivity index (χ3v) is 8.40. The maximum absolute atomic E-state index is 12.4. The molecule has 10 heteroatoms. The zero-order chi connectivity index (χ0) is 29.5. The van der Waals surface area contributed by atoms with Gasteiger partial charge in [-0.05, 0) is 86.6 Å². The fraction of sp³-hybridized carbons (Fsp3) is 0.323. The van der Waals surface area contributed by atoms with Crippen LogP contribution < -0.4 is 25.2 Å². The second-order valence-corrected chi connectivity index (χ2v) is 11.6. The van der Waals surface area contributed by atoms with E-state index in [1.54, 1.807) is 13.3 Å². The number of methoxy groups -OCH3 is 2. The lowest BCUT2D eigenvalue weighted by Crippen LogP contribution is -2.42. The fourth-order valence-electron chi connectivity index (χ4n) is 5.62. The number of hydrogen-bond acceptors (Lipinski definition) is 6. The first kappa shape index (κ1) is 28.9. The van der Waals surface area contributed by atoms with Gasteiger partial charge in [-0.25, -0.2) is 0 Å². The van der Waals surface area contributed by atoms with E-state index in [1.165, 1.54) is 12.7 Å². The first-order valence-electron chi connectivity index (χ1n) is 13.3. The van der Waals surface area contributed by atoms with E-state index in [-0.39, 0.29) is 30.1 Å². The smallest absolute Gasteiger partial charge is 0.250 e. The van der Waals surface area contributed by atoms with Gasteiger partial charge in [0.05, 0.1) is 36.1 Å². The number of thiocarbonyl (C=S) groups is 1. The summed E-state index contributed by atoms with van der Waals surface area (Å²) in [5.74, 6) is 0.229. The van der Waals surface area contributed by atoms with Crippen molar-refractivity contribution >= 4 is 57.5 Å². The second kappa shape index (κ2) is 11.3. The largest absolute Gasteiger partial charge is 0.495 e. The van der Waals surface area contributed by atoms with E-state index in [1.807, 2.05) is 47.4 Å². The van der Waals surface area contributed by atoms with Crippen molar-refractivity contribution in [2.75, 3.05) is 43.0 Å². The van der Waals surface area contributed by atoms with Crippen molar-refractivity contribution in [3.8, 4) is 5.75 Å². The van der Waals surface area contributed by atoms with Crippen molar-refractivity contribution in [1.29, 1.82) is 0 Å². The molecule has 3 aromatic rings. The highest BCUT2D eigenvalue weighted by molar-refractivity contribution is 7.80. The highest BCUT2D eigenvalue weighted by Crippen LogP contribution is 2.48. The van der Waals surface area contributed by atoms with E-state index in [0.29, 0.717) is 21.6 Å². The summed E-state index contributed by atoms with van der Waals surface area (Å²) in [5, 5.41) is 7.52. The van der Waals surface area contributed by atoms with Gasteiger partial charge in [-0.3, -0.25) is 9.78 Å². The number of allylic oxidation sites excluding steroid dienone is 1. The number of anilines is 3. The molecule has 214 valence electrons. The Morgan fingerprint density at radius 1 is 1.20 bits per heavy atom. The average Bonchev–Trinajstić information content (AvgIpc) is 3.28. The van der Waals surface area contributed by atoms with Crippen molar-refractivity contribution in [1.82, 2.24) is 10.3 Å². The Bertz CT molecular complexity index is 1530. The number of hydrogen-bond donors (Lipinski definition) is 2. The molecule has 0 radical (unpaired) electrons. The van der Waals surface area contributed by atoms with E-state index in [9.17, 15) is 4.79 Å². The average molecular weight is 592 g/mol. The van der Waals surface area contributed by atoms with E-state index in [0.717, 1.165) is 28.2 Å². The Hall–Kier alpha value is -3.66. The molecule has 8 nitrogen and oxygen atoms in total. The van der Waals surface area contributed by atoms with Crippen LogP contribution in [0.1, 0.15) is 49.7 Å². The number of carbonyl (C=O) groups excluding carboxylic acids is 1. The molecule has 1 fully saturated rings. The Morgan fingerprint density at radius 2 is 1.98 bits per heavy atom. The fourth-order valence-corrected chi connectivity index (χ4v) is 6.24. The lowest BCUT2D eigenvalue weighted by molar-refractivity contribution is -0.119. The zero-order valence-electron chi connectivity index (χ0n) is 24.0. The van der Waals surface area contributed by atoms with Crippen LogP contribution in [-0.2, 0) is 9.53 Å². The zero-order valence-corrected chi connectivity index (χ0v) is 25.6. The number of benzene rings is 2. The summed E-state index contributed by atoms with van der Waals surface area (Å²) >= 11 is 13.1. The van der Waals surface area contributed by atoms with Crippen LogP contribution in [-0.4, -0.2) is 49.4 Å². The molecule has 2 aliphatic heterocycles. The Labute approximate surface area is 251 Å². The molecule has 1 saturated heterocycles. The van der Waals surface area contributed by atoms with Crippen LogP contribution in [0.2, 0.25) is 5.02 Å². The molecule has 2 aliphatic rings. The first-order chi connectivity index (χ1) is 19.6. The second-order valence-electron chi connectivity index (χ2n) is 10.8. The van der Waals surface area contributed by atoms with Gasteiger partial charge in [-0.2, -0.15) is 0 Å². The molecule has 0 unspecified atom stereocenters. The molecule has 0 saturated carbocycles. The molecule has 2 aromatic carbocycles. The van der Waals surface area contributed by atoms with Crippen molar-refractivity contribution in [3.05, 3.63) is 82.6 Å². The minimum absolute atomic E-state index is 0.0791. The van der Waals surface area contributed by atoms with E-state index in [4.69, 9.17) is 33.3 Å². The maximum Gasteiger partial charge on any atom is 0.250 e. The number of halogens is 1. The molecule has 0 spiro atoms. The van der Waals surface area contributed by atoms with Crippen LogP contribution in [0.25, 0.3) is 5.57 Å². The molecule has 1 amide bonds. The third-order valence-electron chi connectivity index (χ3n) is 7.76. The lowest BCUT2D eigenvalue weighted by atomic mass is 9.86. The summed E-state index contributed by atoms with van der Waals surface area (Å²) in [6.45, 7) is 6.43. The number of amides is 1. The van der Waals surface area contributed by atoms with E-state index >= 15 is 0 Å². The molecule has 2 atom stereocenters. The first-order valence-corrected chi connectivity index (χ1v) is 14.1. The van der Waals surface area contributed by atoms with Crippen molar-refractivity contribution in [2.45, 2.75) is 38.4 Å². The number of ether oxygens (including phenoxy) is 2. The number of nitrogens with zero attached hydrogens (tertiary/aromatic N) is 3. The van der Waals surface area contributed by atoms with Crippen LogP contribution in [0.5, 0.6) is 5.75 Å². The number of pyridine rings is 1. The van der Waals surface area contributed by atoms with Crippen molar-refractivity contribution in [2.24, 2.45) is 0 Å². The van der Waals surface area contributed by atoms with Crippen LogP contribution >= 0.6 is 23.8 Å². The molecular weight excluding hydrogens is 558 g/mol. The summed E-state index contributed by atoms with van der Waals surface area (Å²) in [4.78, 5) is 21.3. The predicted molar refractivity (Wildman–Crippen MR) is 169 cm³/mol. The van der Waals surface area contributed by atoms with Gasteiger partial charge >= 0.3 is 0 Å². The van der Waals surface area contributed by atoms with Gasteiger partial charge in [0.1, 0.15) is 12.4 Å². The van der Waals surface area contributed by atoms with Gasteiger partial charge in [-0.1, -0.05) is 23.7 Å². The topological polar surface area (TPSA) is 79.0 Å².